The average Bonchev–Trinajstić information content (AvgIpc) is 2.58. The zero-order valence-corrected chi connectivity index (χ0v) is 11.6. The Morgan fingerprint density at radius 2 is 1.38 bits per heavy atom. The van der Waals surface area contributed by atoms with E-state index in [1.54, 1.807) is 6.20 Å². The van der Waals surface area contributed by atoms with Crippen LogP contribution in [0.25, 0.3) is 5.57 Å². The van der Waals surface area contributed by atoms with Crippen LogP contribution >= 0.6 is 0 Å². The number of benzene rings is 2. The summed E-state index contributed by atoms with van der Waals surface area (Å²) in [6.07, 6.45) is 5.61. The lowest BCUT2D eigenvalue weighted by molar-refractivity contribution is 1.32. The van der Waals surface area contributed by atoms with Gasteiger partial charge in [-0.2, -0.15) is 0 Å². The smallest absolute Gasteiger partial charge is 0.0566 e. The Labute approximate surface area is 124 Å². The Hall–Kier alpha value is -2.87. The van der Waals surface area contributed by atoms with Gasteiger partial charge in [0.25, 0.3) is 0 Å². The van der Waals surface area contributed by atoms with E-state index in [1.165, 1.54) is 11.1 Å². The Morgan fingerprint density at radius 3 is 1.90 bits per heavy atom. The summed E-state index contributed by atoms with van der Waals surface area (Å²) in [4.78, 5) is 4.12. The highest BCUT2D eigenvalue weighted by Gasteiger charge is 2.03. The quantitative estimate of drug-likeness (QED) is 0.751. The third-order valence-electron chi connectivity index (χ3n) is 3.21. The molecule has 0 radical (unpaired) electrons. The molecule has 0 aliphatic carbocycles. The van der Waals surface area contributed by atoms with E-state index in [4.69, 9.17) is 0 Å². The van der Waals surface area contributed by atoms with Crippen molar-refractivity contribution in [2.45, 2.75) is 0 Å². The molecule has 0 aliphatic heterocycles. The van der Waals surface area contributed by atoms with Gasteiger partial charge in [-0.1, -0.05) is 60.7 Å². The number of rotatable bonds is 4. The minimum atomic E-state index is 0.974. The fourth-order valence-electron chi connectivity index (χ4n) is 2.17. The largest absolute Gasteiger partial charge is 0.360 e. The first-order valence-corrected chi connectivity index (χ1v) is 6.91. The first kappa shape index (κ1) is 13.1. The first-order valence-electron chi connectivity index (χ1n) is 6.91. The van der Waals surface area contributed by atoms with Crippen LogP contribution in [0.3, 0.4) is 0 Å². The van der Waals surface area contributed by atoms with Gasteiger partial charge in [0.1, 0.15) is 0 Å². The van der Waals surface area contributed by atoms with E-state index in [0.29, 0.717) is 0 Å². The normalized spacial score (nSPS) is 9.90. The van der Waals surface area contributed by atoms with Crippen LogP contribution in [0.1, 0.15) is 11.1 Å². The van der Waals surface area contributed by atoms with Crippen LogP contribution in [-0.4, -0.2) is 4.98 Å². The van der Waals surface area contributed by atoms with Gasteiger partial charge < -0.3 is 5.32 Å². The number of nitrogens with zero attached hydrogens (tertiary/aromatic N) is 1. The van der Waals surface area contributed by atoms with Gasteiger partial charge in [-0.05, 0) is 23.3 Å². The predicted octanol–water partition coefficient (Wildman–Crippen LogP) is 4.58. The SMILES string of the molecule is C(Nc1cccnc1)=C(c1ccccc1)c1ccccc1. The van der Waals surface area contributed by atoms with Gasteiger partial charge in [-0.15, -0.1) is 0 Å². The Balaban J connectivity index is 1.97. The van der Waals surface area contributed by atoms with Gasteiger partial charge in [-0.25, -0.2) is 0 Å². The second-order valence-electron chi connectivity index (χ2n) is 4.68. The summed E-state index contributed by atoms with van der Waals surface area (Å²) in [5.41, 5.74) is 4.49. The minimum Gasteiger partial charge on any atom is -0.360 e. The van der Waals surface area contributed by atoms with Gasteiger partial charge in [0, 0.05) is 18.0 Å². The molecule has 3 rings (SSSR count). The van der Waals surface area contributed by atoms with Crippen LogP contribution in [0.2, 0.25) is 0 Å². The van der Waals surface area contributed by atoms with E-state index in [2.05, 4.69) is 58.8 Å². The Morgan fingerprint density at radius 1 is 0.762 bits per heavy atom. The third kappa shape index (κ3) is 3.37. The first-order chi connectivity index (χ1) is 10.4. The molecule has 0 aliphatic rings. The van der Waals surface area contributed by atoms with E-state index in [0.717, 1.165) is 11.3 Å². The summed E-state index contributed by atoms with van der Waals surface area (Å²) in [7, 11) is 0. The molecule has 0 saturated heterocycles. The van der Waals surface area contributed by atoms with Crippen molar-refractivity contribution >= 4 is 11.3 Å². The highest BCUT2D eigenvalue weighted by Crippen LogP contribution is 2.23. The van der Waals surface area contributed by atoms with Crippen LogP contribution in [0, 0.1) is 0 Å². The number of pyridine rings is 1. The van der Waals surface area contributed by atoms with E-state index >= 15 is 0 Å². The van der Waals surface area contributed by atoms with Crippen molar-refractivity contribution in [1.29, 1.82) is 0 Å². The van der Waals surface area contributed by atoms with Gasteiger partial charge >= 0.3 is 0 Å². The summed E-state index contributed by atoms with van der Waals surface area (Å²) in [5.74, 6) is 0. The van der Waals surface area contributed by atoms with Crippen LogP contribution in [0.4, 0.5) is 5.69 Å². The van der Waals surface area contributed by atoms with Crippen molar-refractivity contribution in [2.24, 2.45) is 0 Å². The molecule has 21 heavy (non-hydrogen) atoms. The summed E-state index contributed by atoms with van der Waals surface area (Å²) < 4.78 is 0. The van der Waals surface area contributed by atoms with Gasteiger partial charge in [0.05, 0.1) is 11.9 Å². The van der Waals surface area contributed by atoms with Crippen molar-refractivity contribution in [3.63, 3.8) is 0 Å². The summed E-state index contributed by atoms with van der Waals surface area (Å²) in [6, 6.07) is 24.6. The average molecular weight is 272 g/mol. The molecule has 1 N–H and O–H groups in total. The van der Waals surface area contributed by atoms with Crippen molar-refractivity contribution < 1.29 is 0 Å². The maximum Gasteiger partial charge on any atom is 0.0566 e. The maximum absolute atomic E-state index is 4.12. The summed E-state index contributed by atoms with van der Waals surface area (Å²) >= 11 is 0. The maximum atomic E-state index is 4.12. The van der Waals surface area contributed by atoms with Crippen molar-refractivity contribution in [2.75, 3.05) is 5.32 Å². The molecule has 0 amide bonds. The minimum absolute atomic E-state index is 0.974. The molecular formula is C19H16N2. The second-order valence-corrected chi connectivity index (χ2v) is 4.68. The lowest BCUT2D eigenvalue weighted by Crippen LogP contribution is -1.94. The number of hydrogen-bond donors (Lipinski definition) is 1. The highest BCUT2D eigenvalue weighted by atomic mass is 14.9. The topological polar surface area (TPSA) is 24.9 Å². The number of hydrogen-bond acceptors (Lipinski definition) is 2. The van der Waals surface area contributed by atoms with E-state index in [9.17, 15) is 0 Å². The zero-order chi connectivity index (χ0) is 14.3. The molecule has 2 aromatic carbocycles. The molecule has 0 atom stereocenters. The predicted molar refractivity (Wildman–Crippen MR) is 87.8 cm³/mol. The van der Waals surface area contributed by atoms with Crippen LogP contribution in [0.5, 0.6) is 0 Å². The molecule has 0 fully saturated rings. The molecular weight excluding hydrogens is 256 g/mol. The van der Waals surface area contributed by atoms with Crippen molar-refractivity contribution in [1.82, 2.24) is 4.98 Å². The highest BCUT2D eigenvalue weighted by molar-refractivity contribution is 5.81. The molecule has 2 heteroatoms. The molecule has 0 unspecified atom stereocenters. The van der Waals surface area contributed by atoms with Gasteiger partial charge in [0.2, 0.25) is 0 Å². The molecule has 1 heterocycles. The molecule has 0 saturated carbocycles. The molecule has 0 spiro atoms. The van der Waals surface area contributed by atoms with E-state index < -0.39 is 0 Å². The van der Waals surface area contributed by atoms with Crippen molar-refractivity contribution in [3.05, 3.63) is 103 Å². The van der Waals surface area contributed by atoms with Gasteiger partial charge in [-0.3, -0.25) is 4.98 Å². The number of anilines is 1. The lowest BCUT2D eigenvalue weighted by Gasteiger charge is -2.09. The van der Waals surface area contributed by atoms with Crippen molar-refractivity contribution in [3.8, 4) is 0 Å². The zero-order valence-electron chi connectivity index (χ0n) is 11.6. The molecule has 0 bridgehead atoms. The van der Waals surface area contributed by atoms with E-state index in [-0.39, 0.29) is 0 Å². The lowest BCUT2D eigenvalue weighted by atomic mass is 9.99. The number of nitrogens with one attached hydrogen (secondary N) is 1. The molecule has 1 aromatic heterocycles. The number of aromatic nitrogens is 1. The standard InChI is InChI=1S/C19H16N2/c1-3-8-16(9-4-1)19(17-10-5-2-6-11-17)15-21-18-12-7-13-20-14-18/h1-15,21H. The fraction of sp³-hybridized carbons (Fsp3) is 0. The third-order valence-corrected chi connectivity index (χ3v) is 3.21. The molecule has 102 valence electrons. The van der Waals surface area contributed by atoms with E-state index in [1.807, 2.05) is 36.7 Å². The van der Waals surface area contributed by atoms with Crippen LogP contribution < -0.4 is 5.32 Å². The Bertz CT molecular complexity index is 663. The molecule has 3 aromatic rings. The monoisotopic (exact) mass is 272 g/mol. The summed E-state index contributed by atoms with van der Waals surface area (Å²) in [5, 5.41) is 3.32. The Kier molecular flexibility index (Phi) is 4.08. The fourth-order valence-corrected chi connectivity index (χ4v) is 2.17. The van der Waals surface area contributed by atoms with Crippen LogP contribution in [-0.2, 0) is 0 Å². The van der Waals surface area contributed by atoms with Crippen LogP contribution in [0.15, 0.2) is 91.4 Å². The second kappa shape index (κ2) is 6.53. The summed E-state index contributed by atoms with van der Waals surface area (Å²) in [6.45, 7) is 0. The van der Waals surface area contributed by atoms with Gasteiger partial charge in [0.15, 0.2) is 0 Å². The molecule has 2 nitrogen and oxygen atoms in total.